The summed E-state index contributed by atoms with van der Waals surface area (Å²) in [6.45, 7) is 3.56. The molecule has 1 aliphatic heterocycles. The Labute approximate surface area is 188 Å². The standard InChI is InChI=1S/C20H18F3N3O5.C2H6/c21-20(22,23)31-17-8-4-2-6-14(17)19(29)24-10-12-9-15(26-25-12)13-5-1-3-7-16(13)30-11-18(27)28;1-2/h1-9,12,25-26H,10-11H2,(H,24,29)(H,27,28);1-2H3. The fourth-order valence-electron chi connectivity index (χ4n) is 2.84. The molecule has 0 fully saturated rings. The van der Waals surface area contributed by atoms with Gasteiger partial charge in [0.25, 0.3) is 5.91 Å². The minimum atomic E-state index is -4.92. The van der Waals surface area contributed by atoms with Crippen molar-refractivity contribution in [2.75, 3.05) is 13.2 Å². The van der Waals surface area contributed by atoms with Gasteiger partial charge in [0, 0.05) is 12.1 Å². The molecule has 0 radical (unpaired) electrons. The van der Waals surface area contributed by atoms with Crippen LogP contribution in [-0.4, -0.2) is 42.5 Å². The SMILES string of the molecule is CC.O=C(O)COc1ccccc1C1=CC(CNC(=O)c2ccccc2OC(F)(F)F)NN1. The van der Waals surface area contributed by atoms with E-state index in [9.17, 15) is 22.8 Å². The van der Waals surface area contributed by atoms with Gasteiger partial charge in [0.2, 0.25) is 0 Å². The van der Waals surface area contributed by atoms with Gasteiger partial charge in [-0.25, -0.2) is 10.2 Å². The summed E-state index contributed by atoms with van der Waals surface area (Å²) in [6.07, 6.45) is -3.18. The first-order valence-electron chi connectivity index (χ1n) is 10.0. The second-order valence-electron chi connectivity index (χ2n) is 6.39. The van der Waals surface area contributed by atoms with Crippen LogP contribution in [0.5, 0.6) is 11.5 Å². The lowest BCUT2D eigenvalue weighted by Gasteiger charge is -2.14. The third-order valence-electron chi connectivity index (χ3n) is 4.13. The Kier molecular flexibility index (Phi) is 9.10. The highest BCUT2D eigenvalue weighted by molar-refractivity contribution is 5.97. The second kappa shape index (κ2) is 11.8. The minimum absolute atomic E-state index is 0.0633. The van der Waals surface area contributed by atoms with Crippen LogP contribution < -0.4 is 25.6 Å². The van der Waals surface area contributed by atoms with Gasteiger partial charge in [0.05, 0.1) is 17.3 Å². The van der Waals surface area contributed by atoms with Gasteiger partial charge in [-0.15, -0.1) is 13.2 Å². The lowest BCUT2D eigenvalue weighted by atomic mass is 10.1. The number of hydrogen-bond acceptors (Lipinski definition) is 6. The van der Waals surface area contributed by atoms with Gasteiger partial charge in [-0.2, -0.15) is 0 Å². The Bertz CT molecular complexity index is 995. The highest BCUT2D eigenvalue weighted by atomic mass is 19.4. The van der Waals surface area contributed by atoms with Crippen molar-refractivity contribution >= 4 is 17.6 Å². The van der Waals surface area contributed by atoms with E-state index in [0.717, 1.165) is 6.07 Å². The van der Waals surface area contributed by atoms with Gasteiger partial charge < -0.3 is 25.3 Å². The van der Waals surface area contributed by atoms with Crippen molar-refractivity contribution in [2.24, 2.45) is 0 Å². The van der Waals surface area contributed by atoms with Crippen molar-refractivity contribution in [3.8, 4) is 11.5 Å². The van der Waals surface area contributed by atoms with Crippen LogP contribution in [0.1, 0.15) is 29.8 Å². The lowest BCUT2D eigenvalue weighted by Crippen LogP contribution is -2.41. The number of para-hydroxylation sites is 2. The molecule has 4 N–H and O–H groups in total. The number of carboxylic acid groups (broad SMARTS) is 1. The highest BCUT2D eigenvalue weighted by Crippen LogP contribution is 2.27. The molecule has 2 aromatic rings. The van der Waals surface area contributed by atoms with Crippen LogP contribution >= 0.6 is 0 Å². The Morgan fingerprint density at radius 3 is 2.36 bits per heavy atom. The summed E-state index contributed by atoms with van der Waals surface area (Å²) >= 11 is 0. The minimum Gasteiger partial charge on any atom is -0.481 e. The van der Waals surface area contributed by atoms with E-state index in [0.29, 0.717) is 17.0 Å². The zero-order valence-corrected chi connectivity index (χ0v) is 17.9. The average Bonchev–Trinajstić information content (AvgIpc) is 3.26. The largest absolute Gasteiger partial charge is 0.573 e. The zero-order chi connectivity index (χ0) is 24.4. The number of benzene rings is 2. The van der Waals surface area contributed by atoms with Crippen LogP contribution in [-0.2, 0) is 4.79 Å². The van der Waals surface area contributed by atoms with Crippen molar-refractivity contribution in [3.63, 3.8) is 0 Å². The van der Waals surface area contributed by atoms with Gasteiger partial charge in [-0.1, -0.05) is 38.1 Å². The number of rotatable bonds is 8. The Balaban J connectivity index is 0.00000187. The summed E-state index contributed by atoms with van der Waals surface area (Å²) in [7, 11) is 0. The molecule has 8 nitrogen and oxygen atoms in total. The number of ether oxygens (including phenoxy) is 2. The van der Waals surface area contributed by atoms with Gasteiger partial charge in [0.1, 0.15) is 11.5 Å². The molecule has 2 aromatic carbocycles. The molecule has 0 saturated carbocycles. The van der Waals surface area contributed by atoms with Gasteiger partial charge in [-0.3, -0.25) is 4.79 Å². The van der Waals surface area contributed by atoms with Gasteiger partial charge in [-0.05, 0) is 30.3 Å². The lowest BCUT2D eigenvalue weighted by molar-refractivity contribution is -0.274. The van der Waals surface area contributed by atoms with Gasteiger partial charge in [0.15, 0.2) is 6.61 Å². The molecule has 3 rings (SSSR count). The molecule has 1 atom stereocenters. The molecule has 11 heteroatoms. The van der Waals surface area contributed by atoms with E-state index >= 15 is 0 Å². The monoisotopic (exact) mass is 467 g/mol. The molecule has 0 bridgehead atoms. The molecule has 1 unspecified atom stereocenters. The molecule has 178 valence electrons. The van der Waals surface area contributed by atoms with E-state index in [2.05, 4.69) is 20.9 Å². The van der Waals surface area contributed by atoms with E-state index in [1.54, 1.807) is 30.3 Å². The van der Waals surface area contributed by atoms with Crippen LogP contribution in [0.3, 0.4) is 0 Å². The number of nitrogens with one attached hydrogen (secondary N) is 3. The number of carbonyl (C=O) groups excluding carboxylic acids is 1. The smallest absolute Gasteiger partial charge is 0.481 e. The first-order chi connectivity index (χ1) is 15.7. The van der Waals surface area contributed by atoms with Crippen molar-refractivity contribution in [3.05, 3.63) is 65.7 Å². The van der Waals surface area contributed by atoms with E-state index in [4.69, 9.17) is 9.84 Å². The topological polar surface area (TPSA) is 109 Å². The maximum Gasteiger partial charge on any atom is 0.573 e. The molecule has 0 spiro atoms. The fraction of sp³-hybridized carbons (Fsp3) is 0.273. The Morgan fingerprint density at radius 1 is 1.06 bits per heavy atom. The van der Waals surface area contributed by atoms with E-state index in [-0.39, 0.29) is 18.2 Å². The fourth-order valence-corrected chi connectivity index (χ4v) is 2.84. The van der Waals surface area contributed by atoms with Crippen molar-refractivity contribution < 1.29 is 37.3 Å². The van der Waals surface area contributed by atoms with E-state index in [1.807, 2.05) is 13.8 Å². The number of carboxylic acids is 1. The number of aliphatic carboxylic acids is 1. The van der Waals surface area contributed by atoms with Crippen LogP contribution in [0.15, 0.2) is 54.6 Å². The first kappa shape index (κ1) is 25.5. The maximum atomic E-state index is 12.5. The quantitative estimate of drug-likeness (QED) is 0.472. The van der Waals surface area contributed by atoms with Gasteiger partial charge >= 0.3 is 12.3 Å². The summed E-state index contributed by atoms with van der Waals surface area (Å²) in [5.74, 6) is -2.08. The number of carbonyl (C=O) groups is 2. The van der Waals surface area contributed by atoms with Crippen LogP contribution in [0, 0.1) is 0 Å². The van der Waals surface area contributed by atoms with Crippen LogP contribution in [0.2, 0.25) is 0 Å². The predicted molar refractivity (Wildman–Crippen MR) is 114 cm³/mol. The summed E-state index contributed by atoms with van der Waals surface area (Å²) in [6, 6.07) is 11.5. The molecule has 0 aliphatic carbocycles. The normalized spacial score (nSPS) is 14.8. The molecule has 1 aliphatic rings. The number of alkyl halides is 3. The number of hydrazine groups is 1. The predicted octanol–water partition coefficient (Wildman–Crippen LogP) is 3.32. The zero-order valence-electron chi connectivity index (χ0n) is 17.9. The Hall–Kier alpha value is -3.73. The maximum absolute atomic E-state index is 12.5. The number of hydrogen-bond donors (Lipinski definition) is 4. The molecule has 0 saturated heterocycles. The van der Waals surface area contributed by atoms with Crippen LogP contribution in [0.4, 0.5) is 13.2 Å². The van der Waals surface area contributed by atoms with Crippen LogP contribution in [0.25, 0.3) is 5.70 Å². The molecule has 1 amide bonds. The van der Waals surface area contributed by atoms with E-state index in [1.165, 1.54) is 18.2 Å². The molecule has 33 heavy (non-hydrogen) atoms. The summed E-state index contributed by atoms with van der Waals surface area (Å²) in [4.78, 5) is 23.1. The molecular formula is C22H24F3N3O5. The second-order valence-corrected chi connectivity index (χ2v) is 6.39. The third-order valence-corrected chi connectivity index (χ3v) is 4.13. The van der Waals surface area contributed by atoms with E-state index < -0.39 is 30.6 Å². The number of halogens is 3. The van der Waals surface area contributed by atoms with Crippen molar-refractivity contribution in [1.29, 1.82) is 0 Å². The van der Waals surface area contributed by atoms with Crippen molar-refractivity contribution in [2.45, 2.75) is 26.3 Å². The Morgan fingerprint density at radius 2 is 1.70 bits per heavy atom. The molecule has 0 aromatic heterocycles. The third kappa shape index (κ3) is 7.72. The summed E-state index contributed by atoms with van der Waals surface area (Å²) < 4.78 is 46.8. The van der Waals surface area contributed by atoms with Crippen molar-refractivity contribution in [1.82, 2.24) is 16.2 Å². The summed E-state index contributed by atoms with van der Waals surface area (Å²) in [5.41, 5.74) is 6.79. The summed E-state index contributed by atoms with van der Waals surface area (Å²) in [5, 5.41) is 11.3. The molecular weight excluding hydrogens is 443 g/mol. The average molecular weight is 467 g/mol. The number of amides is 1. The molecule has 1 heterocycles. The highest BCUT2D eigenvalue weighted by Gasteiger charge is 2.33. The first-order valence-corrected chi connectivity index (χ1v) is 10.0.